The molecule has 5 nitrogen and oxygen atoms in total. The Labute approximate surface area is 114 Å². The van der Waals surface area contributed by atoms with Gasteiger partial charge in [-0.15, -0.1) is 11.3 Å². The number of nitrogens with zero attached hydrogens (tertiary/aromatic N) is 3. The molecule has 0 saturated carbocycles. The Kier molecular flexibility index (Phi) is 3.08. The van der Waals surface area contributed by atoms with Crippen LogP contribution in [0, 0.1) is 0 Å². The van der Waals surface area contributed by atoms with Gasteiger partial charge in [-0.2, -0.15) is 0 Å². The number of fused-ring (bicyclic) bond motifs is 1. The summed E-state index contributed by atoms with van der Waals surface area (Å²) in [4.78, 5) is 16.1. The number of imidazole rings is 1. The first-order valence-electron chi connectivity index (χ1n) is 6.02. The smallest absolute Gasteiger partial charge is 0.268 e. The highest BCUT2D eigenvalue weighted by Gasteiger charge is 2.13. The van der Waals surface area contributed by atoms with E-state index in [0.29, 0.717) is 12.2 Å². The SMILES string of the molecule is Cn1c(C(=O)NCCn2ccnc2)cc2sccc21. The Hall–Kier alpha value is -2.08. The minimum absolute atomic E-state index is 0.0361. The van der Waals surface area contributed by atoms with E-state index in [4.69, 9.17) is 0 Å². The maximum atomic E-state index is 12.1. The molecule has 19 heavy (non-hydrogen) atoms. The Morgan fingerprint density at radius 1 is 1.53 bits per heavy atom. The van der Waals surface area contributed by atoms with Crippen molar-refractivity contribution < 1.29 is 4.79 Å². The number of aromatic nitrogens is 3. The Morgan fingerprint density at radius 3 is 3.16 bits per heavy atom. The summed E-state index contributed by atoms with van der Waals surface area (Å²) in [6.07, 6.45) is 5.35. The van der Waals surface area contributed by atoms with Crippen LogP contribution in [0.2, 0.25) is 0 Å². The van der Waals surface area contributed by atoms with Gasteiger partial charge >= 0.3 is 0 Å². The summed E-state index contributed by atoms with van der Waals surface area (Å²) in [7, 11) is 1.92. The summed E-state index contributed by atoms with van der Waals surface area (Å²) in [6.45, 7) is 1.32. The first kappa shape index (κ1) is 12.0. The van der Waals surface area contributed by atoms with E-state index in [0.717, 1.165) is 16.8 Å². The van der Waals surface area contributed by atoms with Gasteiger partial charge in [0.2, 0.25) is 0 Å². The summed E-state index contributed by atoms with van der Waals surface area (Å²) < 4.78 is 5.00. The zero-order valence-electron chi connectivity index (χ0n) is 10.5. The maximum absolute atomic E-state index is 12.1. The van der Waals surface area contributed by atoms with Gasteiger partial charge in [0.05, 0.1) is 16.5 Å². The number of carbonyl (C=O) groups is 1. The first-order valence-corrected chi connectivity index (χ1v) is 6.90. The van der Waals surface area contributed by atoms with Crippen LogP contribution in [0.5, 0.6) is 0 Å². The lowest BCUT2D eigenvalue weighted by Crippen LogP contribution is -2.28. The van der Waals surface area contributed by atoms with Crippen molar-refractivity contribution in [2.75, 3.05) is 6.54 Å². The van der Waals surface area contributed by atoms with E-state index < -0.39 is 0 Å². The average Bonchev–Trinajstić information content (AvgIpc) is 3.09. The molecule has 1 N–H and O–H groups in total. The molecule has 0 aliphatic carbocycles. The van der Waals surface area contributed by atoms with Gasteiger partial charge in [-0.1, -0.05) is 0 Å². The van der Waals surface area contributed by atoms with E-state index in [1.165, 1.54) is 0 Å². The molecule has 0 aliphatic rings. The number of amides is 1. The highest BCUT2D eigenvalue weighted by Crippen LogP contribution is 2.23. The van der Waals surface area contributed by atoms with Gasteiger partial charge in [-0.25, -0.2) is 4.98 Å². The predicted molar refractivity (Wildman–Crippen MR) is 75.4 cm³/mol. The fourth-order valence-corrected chi connectivity index (χ4v) is 2.93. The first-order chi connectivity index (χ1) is 9.25. The summed E-state index contributed by atoms with van der Waals surface area (Å²) in [5.41, 5.74) is 1.80. The van der Waals surface area contributed by atoms with E-state index in [9.17, 15) is 4.79 Å². The number of hydrogen-bond donors (Lipinski definition) is 1. The molecule has 0 saturated heterocycles. The molecule has 0 radical (unpaired) electrons. The van der Waals surface area contributed by atoms with Crippen LogP contribution in [0.3, 0.4) is 0 Å². The molecular weight excluding hydrogens is 260 g/mol. The third kappa shape index (κ3) is 2.26. The number of hydrogen-bond acceptors (Lipinski definition) is 3. The van der Waals surface area contributed by atoms with Gasteiger partial charge in [0, 0.05) is 32.5 Å². The zero-order chi connectivity index (χ0) is 13.2. The molecule has 1 amide bonds. The van der Waals surface area contributed by atoms with Crippen molar-refractivity contribution in [1.82, 2.24) is 19.4 Å². The number of thiophene rings is 1. The van der Waals surface area contributed by atoms with Crippen LogP contribution in [-0.4, -0.2) is 26.6 Å². The van der Waals surface area contributed by atoms with Crippen LogP contribution in [0.1, 0.15) is 10.5 Å². The summed E-state index contributed by atoms with van der Waals surface area (Å²) >= 11 is 1.65. The lowest BCUT2D eigenvalue weighted by molar-refractivity contribution is 0.0944. The minimum atomic E-state index is -0.0361. The highest BCUT2D eigenvalue weighted by atomic mass is 32.1. The summed E-state index contributed by atoms with van der Waals surface area (Å²) in [5.74, 6) is -0.0361. The third-order valence-electron chi connectivity index (χ3n) is 3.11. The van der Waals surface area contributed by atoms with Gasteiger partial charge in [-0.3, -0.25) is 4.79 Å². The van der Waals surface area contributed by atoms with Crippen LogP contribution in [0.25, 0.3) is 10.2 Å². The second kappa shape index (κ2) is 4.89. The van der Waals surface area contributed by atoms with E-state index in [1.54, 1.807) is 23.9 Å². The van der Waals surface area contributed by atoms with Crippen molar-refractivity contribution in [3.8, 4) is 0 Å². The molecule has 3 rings (SSSR count). The molecular formula is C13H14N4OS. The topological polar surface area (TPSA) is 51.9 Å². The van der Waals surface area contributed by atoms with Crippen molar-refractivity contribution in [3.05, 3.63) is 41.9 Å². The Balaban J connectivity index is 1.66. The number of carbonyl (C=O) groups excluding carboxylic acids is 1. The van der Waals surface area contributed by atoms with E-state index in [2.05, 4.69) is 10.3 Å². The largest absolute Gasteiger partial charge is 0.349 e. The fraction of sp³-hybridized carbons (Fsp3) is 0.231. The molecule has 3 aromatic rings. The van der Waals surface area contributed by atoms with Crippen molar-refractivity contribution in [2.45, 2.75) is 6.54 Å². The Bertz CT molecular complexity index is 695. The predicted octanol–water partition coefficient (Wildman–Crippen LogP) is 1.87. The van der Waals surface area contributed by atoms with E-state index >= 15 is 0 Å². The van der Waals surface area contributed by atoms with Crippen molar-refractivity contribution in [1.29, 1.82) is 0 Å². The number of rotatable bonds is 4. The van der Waals surface area contributed by atoms with Gasteiger partial charge in [0.15, 0.2) is 0 Å². The summed E-state index contributed by atoms with van der Waals surface area (Å²) in [5, 5.41) is 4.96. The van der Waals surface area contributed by atoms with Crippen molar-refractivity contribution in [2.24, 2.45) is 7.05 Å². The maximum Gasteiger partial charge on any atom is 0.268 e. The minimum Gasteiger partial charge on any atom is -0.349 e. The summed E-state index contributed by atoms with van der Waals surface area (Å²) in [6, 6.07) is 3.97. The quantitative estimate of drug-likeness (QED) is 0.789. The highest BCUT2D eigenvalue weighted by molar-refractivity contribution is 7.17. The second-order valence-electron chi connectivity index (χ2n) is 4.32. The molecule has 3 heterocycles. The van der Waals surface area contributed by atoms with Gasteiger partial charge in [0.25, 0.3) is 5.91 Å². The second-order valence-corrected chi connectivity index (χ2v) is 5.26. The Morgan fingerprint density at radius 2 is 2.42 bits per heavy atom. The molecule has 0 unspecified atom stereocenters. The molecule has 0 aliphatic heterocycles. The van der Waals surface area contributed by atoms with Crippen molar-refractivity contribution >= 4 is 27.5 Å². The molecule has 6 heteroatoms. The van der Waals surface area contributed by atoms with E-state index in [1.807, 2.05) is 39.9 Å². The van der Waals surface area contributed by atoms with Crippen LogP contribution >= 0.6 is 11.3 Å². The standard InChI is InChI=1S/C13H14N4OS/c1-16-10-2-7-19-12(10)8-11(16)13(18)15-4-6-17-5-3-14-9-17/h2-3,5,7-9H,4,6H2,1H3,(H,15,18). The van der Waals surface area contributed by atoms with Gasteiger partial charge in [0.1, 0.15) is 5.69 Å². The van der Waals surface area contributed by atoms with Crippen LogP contribution in [-0.2, 0) is 13.6 Å². The molecule has 98 valence electrons. The molecule has 0 aromatic carbocycles. The van der Waals surface area contributed by atoms with Crippen LogP contribution < -0.4 is 5.32 Å². The van der Waals surface area contributed by atoms with Crippen LogP contribution in [0.15, 0.2) is 36.2 Å². The monoisotopic (exact) mass is 274 g/mol. The molecule has 0 spiro atoms. The fourth-order valence-electron chi connectivity index (χ4n) is 2.08. The lowest BCUT2D eigenvalue weighted by Gasteiger charge is -2.06. The van der Waals surface area contributed by atoms with Crippen LogP contribution in [0.4, 0.5) is 0 Å². The van der Waals surface area contributed by atoms with E-state index in [-0.39, 0.29) is 5.91 Å². The number of nitrogens with one attached hydrogen (secondary N) is 1. The molecule has 3 aromatic heterocycles. The zero-order valence-corrected chi connectivity index (χ0v) is 11.4. The molecule has 0 atom stereocenters. The average molecular weight is 274 g/mol. The third-order valence-corrected chi connectivity index (χ3v) is 3.96. The van der Waals surface area contributed by atoms with Gasteiger partial charge < -0.3 is 14.5 Å². The lowest BCUT2D eigenvalue weighted by atomic mass is 10.4. The molecule has 0 fully saturated rings. The van der Waals surface area contributed by atoms with Crippen molar-refractivity contribution in [3.63, 3.8) is 0 Å². The molecule has 0 bridgehead atoms. The number of aryl methyl sites for hydroxylation is 1. The normalized spacial score (nSPS) is 11.0. The van der Waals surface area contributed by atoms with Gasteiger partial charge in [-0.05, 0) is 17.5 Å².